The van der Waals surface area contributed by atoms with Crippen LogP contribution in [0.1, 0.15) is 24.1 Å². The van der Waals surface area contributed by atoms with Gasteiger partial charge in [-0.25, -0.2) is 8.78 Å². The third kappa shape index (κ3) is 3.94. The van der Waals surface area contributed by atoms with Gasteiger partial charge in [0.15, 0.2) is 0 Å². The van der Waals surface area contributed by atoms with Crippen molar-refractivity contribution >= 4 is 23.2 Å². The first kappa shape index (κ1) is 16.2. The van der Waals surface area contributed by atoms with Crippen LogP contribution in [0, 0.1) is 11.6 Å². The maximum absolute atomic E-state index is 13.9. The smallest absolute Gasteiger partial charge is 0.141 e. The molecular weight excluding hydrogens is 315 g/mol. The molecule has 0 aromatic heterocycles. The zero-order chi connectivity index (χ0) is 15.4. The quantitative estimate of drug-likeness (QED) is 0.798. The molecule has 0 bridgehead atoms. The van der Waals surface area contributed by atoms with E-state index in [1.54, 1.807) is 24.3 Å². The van der Waals surface area contributed by atoms with E-state index in [0.29, 0.717) is 23.6 Å². The summed E-state index contributed by atoms with van der Waals surface area (Å²) < 4.78 is 27.2. The minimum Gasteiger partial charge on any atom is -0.310 e. The van der Waals surface area contributed by atoms with Crippen LogP contribution in [0.15, 0.2) is 36.4 Å². The molecule has 2 aromatic rings. The van der Waals surface area contributed by atoms with Crippen molar-refractivity contribution in [2.24, 2.45) is 0 Å². The van der Waals surface area contributed by atoms with Crippen molar-refractivity contribution in [2.75, 3.05) is 6.54 Å². The molecule has 0 spiro atoms. The predicted molar refractivity (Wildman–Crippen MR) is 82.9 cm³/mol. The van der Waals surface area contributed by atoms with Crippen LogP contribution in [0.3, 0.4) is 0 Å². The Morgan fingerprint density at radius 3 is 2.43 bits per heavy atom. The summed E-state index contributed by atoms with van der Waals surface area (Å²) in [4.78, 5) is 0. The molecule has 0 saturated carbocycles. The topological polar surface area (TPSA) is 12.0 Å². The Morgan fingerprint density at radius 1 is 1.05 bits per heavy atom. The van der Waals surface area contributed by atoms with Gasteiger partial charge in [0.05, 0.1) is 5.02 Å². The number of nitrogens with one attached hydrogen (secondary N) is 1. The van der Waals surface area contributed by atoms with Gasteiger partial charge < -0.3 is 5.32 Å². The first-order chi connectivity index (χ1) is 10.0. The number of likely N-dealkylation sites (N-methyl/N-ethyl adjacent to an activating group) is 1. The van der Waals surface area contributed by atoms with Crippen LogP contribution in [0.25, 0.3) is 0 Å². The lowest BCUT2D eigenvalue weighted by atomic mass is 9.98. The van der Waals surface area contributed by atoms with E-state index in [0.717, 1.165) is 5.56 Å². The van der Waals surface area contributed by atoms with Gasteiger partial charge in [0.1, 0.15) is 11.6 Å². The highest BCUT2D eigenvalue weighted by atomic mass is 35.5. The Labute approximate surface area is 132 Å². The predicted octanol–water partition coefficient (Wildman–Crippen LogP) is 5.16. The number of halogens is 4. The second-order valence-corrected chi connectivity index (χ2v) is 5.50. The fourth-order valence-electron chi connectivity index (χ4n) is 2.21. The molecule has 0 aliphatic heterocycles. The van der Waals surface area contributed by atoms with Crippen molar-refractivity contribution in [3.63, 3.8) is 0 Å². The average molecular weight is 330 g/mol. The summed E-state index contributed by atoms with van der Waals surface area (Å²) >= 11 is 11.9. The number of hydrogen-bond donors (Lipinski definition) is 1. The van der Waals surface area contributed by atoms with Crippen LogP contribution < -0.4 is 5.32 Å². The van der Waals surface area contributed by atoms with E-state index in [2.05, 4.69) is 5.32 Å². The van der Waals surface area contributed by atoms with Crippen LogP contribution in [0.2, 0.25) is 10.0 Å². The molecule has 1 nitrogen and oxygen atoms in total. The Hall–Kier alpha value is -1.16. The number of rotatable bonds is 5. The highest BCUT2D eigenvalue weighted by Gasteiger charge is 2.17. The second-order valence-electron chi connectivity index (χ2n) is 4.69. The van der Waals surface area contributed by atoms with E-state index in [-0.39, 0.29) is 16.9 Å². The zero-order valence-corrected chi connectivity index (χ0v) is 13.0. The van der Waals surface area contributed by atoms with E-state index in [1.807, 2.05) is 6.92 Å². The Kier molecular flexibility index (Phi) is 5.57. The van der Waals surface area contributed by atoms with Crippen molar-refractivity contribution < 1.29 is 8.78 Å². The lowest BCUT2D eigenvalue weighted by Gasteiger charge is -2.20. The van der Waals surface area contributed by atoms with E-state index in [1.165, 1.54) is 12.1 Å². The molecule has 1 N–H and O–H groups in total. The van der Waals surface area contributed by atoms with E-state index in [4.69, 9.17) is 23.2 Å². The second kappa shape index (κ2) is 7.21. The van der Waals surface area contributed by atoms with Crippen molar-refractivity contribution in [3.8, 4) is 0 Å². The standard InChI is InChI=1S/C16H15Cl2F2N/c1-2-21-16(10-6-7-15(20)13(18)8-10)9-11-12(17)4-3-5-14(11)19/h3-8,16,21H,2,9H2,1H3. The van der Waals surface area contributed by atoms with Crippen molar-refractivity contribution in [3.05, 3.63) is 69.2 Å². The molecule has 0 amide bonds. The molecule has 0 aliphatic rings. The summed E-state index contributed by atoms with van der Waals surface area (Å²) in [7, 11) is 0. The molecule has 5 heteroatoms. The molecule has 21 heavy (non-hydrogen) atoms. The van der Waals surface area contributed by atoms with Crippen LogP contribution in [0.4, 0.5) is 8.78 Å². The molecule has 0 radical (unpaired) electrons. The molecule has 0 fully saturated rings. The number of hydrogen-bond acceptors (Lipinski definition) is 1. The van der Waals surface area contributed by atoms with E-state index in [9.17, 15) is 8.78 Å². The van der Waals surface area contributed by atoms with Gasteiger partial charge in [-0.15, -0.1) is 0 Å². The molecule has 0 saturated heterocycles. The molecule has 1 atom stereocenters. The van der Waals surface area contributed by atoms with Crippen LogP contribution >= 0.6 is 23.2 Å². The van der Waals surface area contributed by atoms with E-state index >= 15 is 0 Å². The van der Waals surface area contributed by atoms with Crippen molar-refractivity contribution in [1.82, 2.24) is 5.32 Å². The van der Waals surface area contributed by atoms with Gasteiger partial charge >= 0.3 is 0 Å². The van der Waals surface area contributed by atoms with Gasteiger partial charge in [-0.2, -0.15) is 0 Å². The highest BCUT2D eigenvalue weighted by molar-refractivity contribution is 6.31. The highest BCUT2D eigenvalue weighted by Crippen LogP contribution is 2.27. The fraction of sp³-hybridized carbons (Fsp3) is 0.250. The lowest BCUT2D eigenvalue weighted by molar-refractivity contribution is 0.526. The van der Waals surface area contributed by atoms with Crippen molar-refractivity contribution in [1.29, 1.82) is 0 Å². The molecule has 1 unspecified atom stereocenters. The molecule has 112 valence electrons. The van der Waals surface area contributed by atoms with Crippen LogP contribution in [-0.2, 0) is 6.42 Å². The Balaban J connectivity index is 2.33. The summed E-state index contributed by atoms with van der Waals surface area (Å²) in [5.41, 5.74) is 1.23. The summed E-state index contributed by atoms with van der Waals surface area (Å²) in [5.74, 6) is -0.821. The molecular formula is C16H15Cl2F2N. The monoisotopic (exact) mass is 329 g/mol. The molecule has 0 heterocycles. The third-order valence-electron chi connectivity index (χ3n) is 3.27. The summed E-state index contributed by atoms with van der Waals surface area (Å²) in [6.45, 7) is 2.63. The minimum atomic E-state index is -0.473. The lowest BCUT2D eigenvalue weighted by Crippen LogP contribution is -2.23. The average Bonchev–Trinajstić information content (AvgIpc) is 2.45. The van der Waals surface area contributed by atoms with Gasteiger partial charge in [-0.05, 0) is 42.8 Å². The third-order valence-corrected chi connectivity index (χ3v) is 3.91. The normalized spacial score (nSPS) is 12.4. The molecule has 2 rings (SSSR count). The number of benzene rings is 2. The van der Waals surface area contributed by atoms with Gasteiger partial charge in [0.2, 0.25) is 0 Å². The van der Waals surface area contributed by atoms with Gasteiger partial charge in [0, 0.05) is 16.6 Å². The maximum atomic E-state index is 13.9. The Morgan fingerprint density at radius 2 is 1.81 bits per heavy atom. The molecule has 2 aromatic carbocycles. The van der Waals surface area contributed by atoms with Crippen molar-refractivity contribution in [2.45, 2.75) is 19.4 Å². The van der Waals surface area contributed by atoms with E-state index < -0.39 is 5.82 Å². The van der Waals surface area contributed by atoms with Gasteiger partial charge in [-0.1, -0.05) is 42.3 Å². The first-order valence-corrected chi connectivity index (χ1v) is 7.39. The van der Waals surface area contributed by atoms with Crippen LogP contribution in [-0.4, -0.2) is 6.54 Å². The summed E-state index contributed by atoms with van der Waals surface area (Å²) in [5, 5.41) is 3.67. The Bertz CT molecular complexity index is 611. The maximum Gasteiger partial charge on any atom is 0.141 e. The van der Waals surface area contributed by atoms with Gasteiger partial charge in [0.25, 0.3) is 0 Å². The molecule has 0 aliphatic carbocycles. The summed E-state index contributed by atoms with van der Waals surface area (Å²) in [6.07, 6.45) is 0.362. The minimum absolute atomic E-state index is 0.0510. The largest absolute Gasteiger partial charge is 0.310 e. The van der Waals surface area contributed by atoms with Gasteiger partial charge in [-0.3, -0.25) is 0 Å². The fourth-order valence-corrected chi connectivity index (χ4v) is 2.64. The SMILES string of the molecule is CCNC(Cc1c(F)cccc1Cl)c1ccc(F)c(Cl)c1. The zero-order valence-electron chi connectivity index (χ0n) is 11.5. The van der Waals surface area contributed by atoms with Crippen LogP contribution in [0.5, 0.6) is 0 Å². The first-order valence-electron chi connectivity index (χ1n) is 6.64. The summed E-state index contributed by atoms with van der Waals surface area (Å²) in [6, 6.07) is 8.91.